The number of amidine groups is 1. The summed E-state index contributed by atoms with van der Waals surface area (Å²) in [6.07, 6.45) is 3.26. The van der Waals surface area contributed by atoms with E-state index >= 15 is 0 Å². The highest BCUT2D eigenvalue weighted by atomic mass is 16.2. The number of nitrogens with one attached hydrogen (secondary N) is 3. The second-order valence-corrected chi connectivity index (χ2v) is 4.64. The van der Waals surface area contributed by atoms with Crippen LogP contribution in [0.5, 0.6) is 0 Å². The van der Waals surface area contributed by atoms with E-state index in [-0.39, 0.29) is 17.9 Å². The number of hydrogen-bond acceptors (Lipinski definition) is 2. The first-order chi connectivity index (χ1) is 8.58. The van der Waals surface area contributed by atoms with Crippen molar-refractivity contribution in [3.8, 4) is 0 Å². The molecule has 0 radical (unpaired) electrons. The summed E-state index contributed by atoms with van der Waals surface area (Å²) in [5, 5.41) is 13.2. The lowest BCUT2D eigenvalue weighted by atomic mass is 9.93. The van der Waals surface area contributed by atoms with E-state index < -0.39 is 0 Å². The van der Waals surface area contributed by atoms with Gasteiger partial charge in [-0.1, -0.05) is 12.1 Å². The first-order valence-corrected chi connectivity index (χ1v) is 6.09. The van der Waals surface area contributed by atoms with Crippen LogP contribution in [0.3, 0.4) is 0 Å². The molecule has 0 spiro atoms. The number of benzene rings is 1. The van der Waals surface area contributed by atoms with E-state index in [0.29, 0.717) is 11.3 Å². The Bertz CT molecular complexity index is 480. The Labute approximate surface area is 106 Å². The molecule has 5 N–H and O–H groups in total. The lowest BCUT2D eigenvalue weighted by Crippen LogP contribution is -2.42. The molecule has 2 amide bonds. The molecule has 18 heavy (non-hydrogen) atoms. The fourth-order valence-electron chi connectivity index (χ4n) is 2.03. The summed E-state index contributed by atoms with van der Waals surface area (Å²) in [6.45, 7) is 1.87. The third-order valence-electron chi connectivity index (χ3n) is 3.23. The number of anilines is 1. The third-order valence-corrected chi connectivity index (χ3v) is 3.23. The molecule has 0 heterocycles. The van der Waals surface area contributed by atoms with Crippen LogP contribution in [-0.2, 0) is 0 Å². The first kappa shape index (κ1) is 12.4. The van der Waals surface area contributed by atoms with Crippen molar-refractivity contribution < 1.29 is 4.79 Å². The van der Waals surface area contributed by atoms with Crippen LogP contribution in [0.15, 0.2) is 18.2 Å². The number of carbonyl (C=O) groups excluding carboxylic acids is 1. The van der Waals surface area contributed by atoms with Gasteiger partial charge in [-0.05, 0) is 37.8 Å². The highest BCUT2D eigenvalue weighted by Gasteiger charge is 2.20. The van der Waals surface area contributed by atoms with Crippen molar-refractivity contribution >= 4 is 17.6 Å². The van der Waals surface area contributed by atoms with Crippen LogP contribution in [0.25, 0.3) is 0 Å². The van der Waals surface area contributed by atoms with Gasteiger partial charge in [-0.3, -0.25) is 5.41 Å². The molecular weight excluding hydrogens is 228 g/mol. The Morgan fingerprint density at radius 1 is 1.44 bits per heavy atom. The number of nitrogens with two attached hydrogens (primary N) is 1. The van der Waals surface area contributed by atoms with Gasteiger partial charge in [-0.2, -0.15) is 0 Å². The quantitative estimate of drug-likeness (QED) is 0.485. The second-order valence-electron chi connectivity index (χ2n) is 4.64. The van der Waals surface area contributed by atoms with Crippen LogP contribution in [-0.4, -0.2) is 17.9 Å². The Morgan fingerprint density at radius 3 is 2.72 bits per heavy atom. The molecular formula is C13H18N4O. The topological polar surface area (TPSA) is 91.0 Å². The molecule has 0 saturated heterocycles. The lowest BCUT2D eigenvalue weighted by molar-refractivity contribution is 0.240. The van der Waals surface area contributed by atoms with E-state index in [1.165, 1.54) is 6.42 Å². The van der Waals surface area contributed by atoms with Crippen molar-refractivity contribution in [2.24, 2.45) is 5.73 Å². The molecule has 96 valence electrons. The SMILES string of the molecule is Cc1cccc(NC(=O)NC2CCC2)c1C(=N)N. The molecule has 5 nitrogen and oxygen atoms in total. The molecule has 1 aliphatic rings. The van der Waals surface area contributed by atoms with E-state index in [1.54, 1.807) is 6.07 Å². The minimum atomic E-state index is -0.229. The zero-order valence-electron chi connectivity index (χ0n) is 10.4. The first-order valence-electron chi connectivity index (χ1n) is 6.09. The molecule has 0 atom stereocenters. The second kappa shape index (κ2) is 5.08. The molecule has 0 unspecified atom stereocenters. The highest BCUT2D eigenvalue weighted by molar-refractivity contribution is 6.05. The van der Waals surface area contributed by atoms with Gasteiger partial charge >= 0.3 is 6.03 Å². The molecule has 0 aliphatic heterocycles. The fraction of sp³-hybridized carbons (Fsp3) is 0.385. The molecule has 1 aromatic carbocycles. The average molecular weight is 246 g/mol. The maximum Gasteiger partial charge on any atom is 0.319 e. The van der Waals surface area contributed by atoms with Gasteiger partial charge in [0.05, 0.1) is 5.69 Å². The van der Waals surface area contributed by atoms with E-state index in [0.717, 1.165) is 18.4 Å². The number of rotatable bonds is 3. The summed E-state index contributed by atoms with van der Waals surface area (Å²) >= 11 is 0. The Kier molecular flexibility index (Phi) is 3.50. The zero-order chi connectivity index (χ0) is 13.1. The number of amides is 2. The summed E-state index contributed by atoms with van der Waals surface area (Å²) < 4.78 is 0. The van der Waals surface area contributed by atoms with Gasteiger partial charge in [0, 0.05) is 11.6 Å². The third kappa shape index (κ3) is 2.61. The summed E-state index contributed by atoms with van der Waals surface area (Å²) in [4.78, 5) is 11.8. The highest BCUT2D eigenvalue weighted by Crippen LogP contribution is 2.20. The molecule has 1 fully saturated rings. The molecule has 2 rings (SSSR count). The van der Waals surface area contributed by atoms with Gasteiger partial charge < -0.3 is 16.4 Å². The predicted octanol–water partition coefficient (Wildman–Crippen LogP) is 1.95. The summed E-state index contributed by atoms with van der Waals surface area (Å²) in [5.41, 5.74) is 7.59. The smallest absolute Gasteiger partial charge is 0.319 e. The molecule has 1 aliphatic carbocycles. The maximum absolute atomic E-state index is 11.8. The van der Waals surface area contributed by atoms with Gasteiger partial charge in [0.15, 0.2) is 0 Å². The van der Waals surface area contributed by atoms with Crippen molar-refractivity contribution in [1.82, 2.24) is 5.32 Å². The van der Waals surface area contributed by atoms with E-state index in [1.807, 2.05) is 19.1 Å². The van der Waals surface area contributed by atoms with E-state index in [9.17, 15) is 4.79 Å². The number of aryl methyl sites for hydroxylation is 1. The van der Waals surface area contributed by atoms with Gasteiger partial charge in [0.2, 0.25) is 0 Å². The fourth-order valence-corrected chi connectivity index (χ4v) is 2.03. The van der Waals surface area contributed by atoms with Crippen molar-refractivity contribution in [2.75, 3.05) is 5.32 Å². The Balaban J connectivity index is 2.10. The number of nitrogen functional groups attached to an aromatic ring is 1. The largest absolute Gasteiger partial charge is 0.384 e. The normalized spacial score (nSPS) is 14.7. The Morgan fingerprint density at radius 2 is 2.17 bits per heavy atom. The minimum absolute atomic E-state index is 0.0351. The summed E-state index contributed by atoms with van der Waals surface area (Å²) in [6, 6.07) is 5.51. The van der Waals surface area contributed by atoms with Crippen LogP contribution in [0.2, 0.25) is 0 Å². The monoisotopic (exact) mass is 246 g/mol. The standard InChI is InChI=1S/C13H18N4O/c1-8-4-2-7-10(11(8)12(14)15)17-13(18)16-9-5-3-6-9/h2,4,7,9H,3,5-6H2,1H3,(H3,14,15)(H2,16,17,18). The van der Waals surface area contributed by atoms with E-state index in [2.05, 4.69) is 10.6 Å². The molecule has 0 bridgehead atoms. The number of carbonyl (C=O) groups is 1. The number of urea groups is 1. The maximum atomic E-state index is 11.8. The molecule has 0 aromatic heterocycles. The average Bonchev–Trinajstić information content (AvgIpc) is 2.23. The van der Waals surface area contributed by atoms with Crippen molar-refractivity contribution in [3.05, 3.63) is 29.3 Å². The zero-order valence-corrected chi connectivity index (χ0v) is 10.4. The Hall–Kier alpha value is -2.04. The van der Waals surface area contributed by atoms with E-state index in [4.69, 9.17) is 11.1 Å². The summed E-state index contributed by atoms with van der Waals surface area (Å²) in [7, 11) is 0. The van der Waals surface area contributed by atoms with Gasteiger partial charge in [-0.25, -0.2) is 4.79 Å². The van der Waals surface area contributed by atoms with Crippen molar-refractivity contribution in [3.63, 3.8) is 0 Å². The summed E-state index contributed by atoms with van der Waals surface area (Å²) in [5.74, 6) is -0.0351. The van der Waals surface area contributed by atoms with Crippen LogP contribution >= 0.6 is 0 Å². The van der Waals surface area contributed by atoms with Crippen LogP contribution in [0.1, 0.15) is 30.4 Å². The predicted molar refractivity (Wildman–Crippen MR) is 72.0 cm³/mol. The van der Waals surface area contributed by atoms with Gasteiger partial charge in [0.1, 0.15) is 5.84 Å². The molecule has 1 saturated carbocycles. The van der Waals surface area contributed by atoms with Crippen LogP contribution in [0, 0.1) is 12.3 Å². The van der Waals surface area contributed by atoms with Crippen molar-refractivity contribution in [1.29, 1.82) is 5.41 Å². The molecule has 5 heteroatoms. The lowest BCUT2D eigenvalue weighted by Gasteiger charge is -2.26. The van der Waals surface area contributed by atoms with Crippen molar-refractivity contribution in [2.45, 2.75) is 32.2 Å². The van der Waals surface area contributed by atoms with Crippen LogP contribution in [0.4, 0.5) is 10.5 Å². The minimum Gasteiger partial charge on any atom is -0.384 e. The number of hydrogen-bond donors (Lipinski definition) is 4. The van der Waals surface area contributed by atoms with Gasteiger partial charge in [-0.15, -0.1) is 0 Å². The van der Waals surface area contributed by atoms with Crippen LogP contribution < -0.4 is 16.4 Å². The molecule has 1 aromatic rings. The van der Waals surface area contributed by atoms with Gasteiger partial charge in [0.25, 0.3) is 0 Å².